The van der Waals surface area contributed by atoms with Gasteiger partial charge in [-0.1, -0.05) is 11.6 Å². The molecule has 1 aromatic rings. The fraction of sp³-hybridized carbons (Fsp3) is 0.250. The maximum atomic E-state index is 5.91. The number of rotatable bonds is 1. The summed E-state index contributed by atoms with van der Waals surface area (Å²) in [6, 6.07) is 5.86. The SMILES string of the molecule is C[C@@H](N)c1cc(I)ccc1Cl. The van der Waals surface area contributed by atoms with E-state index in [-0.39, 0.29) is 6.04 Å². The predicted octanol–water partition coefficient (Wildman–Crippen LogP) is 2.96. The molecule has 0 amide bonds. The van der Waals surface area contributed by atoms with E-state index in [2.05, 4.69) is 22.6 Å². The van der Waals surface area contributed by atoms with Crippen LogP contribution in [0.3, 0.4) is 0 Å². The van der Waals surface area contributed by atoms with Gasteiger partial charge in [0.2, 0.25) is 0 Å². The van der Waals surface area contributed by atoms with Crippen molar-refractivity contribution in [3.8, 4) is 0 Å². The number of benzene rings is 1. The van der Waals surface area contributed by atoms with Crippen LogP contribution in [0.5, 0.6) is 0 Å². The van der Waals surface area contributed by atoms with E-state index in [1.165, 1.54) is 3.57 Å². The van der Waals surface area contributed by atoms with Gasteiger partial charge in [-0.05, 0) is 53.3 Å². The van der Waals surface area contributed by atoms with Gasteiger partial charge in [-0.3, -0.25) is 0 Å². The van der Waals surface area contributed by atoms with Crippen LogP contribution in [0, 0.1) is 3.57 Å². The minimum absolute atomic E-state index is 0.0113. The summed E-state index contributed by atoms with van der Waals surface area (Å²) in [5.74, 6) is 0. The molecule has 1 rings (SSSR count). The molecule has 11 heavy (non-hydrogen) atoms. The molecule has 0 spiro atoms. The van der Waals surface area contributed by atoms with Crippen LogP contribution in [0.2, 0.25) is 5.02 Å². The molecule has 0 bridgehead atoms. The van der Waals surface area contributed by atoms with E-state index in [0.717, 1.165) is 10.6 Å². The summed E-state index contributed by atoms with van der Waals surface area (Å²) < 4.78 is 1.17. The molecule has 1 atom stereocenters. The Kier molecular flexibility index (Phi) is 3.16. The summed E-state index contributed by atoms with van der Waals surface area (Å²) in [5.41, 5.74) is 6.71. The second-order valence-corrected chi connectivity index (χ2v) is 4.11. The highest BCUT2D eigenvalue weighted by Crippen LogP contribution is 2.23. The molecule has 0 saturated carbocycles. The Morgan fingerprint density at radius 3 is 2.64 bits per heavy atom. The van der Waals surface area contributed by atoms with Crippen molar-refractivity contribution in [3.63, 3.8) is 0 Å². The molecule has 60 valence electrons. The molecular formula is C8H9ClIN. The van der Waals surface area contributed by atoms with Gasteiger partial charge >= 0.3 is 0 Å². The third kappa shape index (κ3) is 2.32. The van der Waals surface area contributed by atoms with Crippen molar-refractivity contribution in [3.05, 3.63) is 32.4 Å². The summed E-state index contributed by atoms with van der Waals surface area (Å²) in [6.07, 6.45) is 0. The summed E-state index contributed by atoms with van der Waals surface area (Å²) >= 11 is 8.15. The van der Waals surface area contributed by atoms with E-state index in [1.807, 2.05) is 25.1 Å². The van der Waals surface area contributed by atoms with Gasteiger partial charge in [-0.25, -0.2) is 0 Å². The Bertz CT molecular complexity index is 260. The second kappa shape index (κ2) is 3.74. The van der Waals surface area contributed by atoms with Gasteiger partial charge in [-0.15, -0.1) is 0 Å². The minimum Gasteiger partial charge on any atom is -0.324 e. The van der Waals surface area contributed by atoms with Crippen LogP contribution < -0.4 is 5.73 Å². The van der Waals surface area contributed by atoms with Crippen molar-refractivity contribution in [1.29, 1.82) is 0 Å². The Morgan fingerprint density at radius 1 is 1.55 bits per heavy atom. The lowest BCUT2D eigenvalue weighted by molar-refractivity contribution is 0.818. The molecule has 0 fully saturated rings. The van der Waals surface area contributed by atoms with Gasteiger partial charge in [0.1, 0.15) is 0 Å². The quantitative estimate of drug-likeness (QED) is 0.787. The average molecular weight is 282 g/mol. The van der Waals surface area contributed by atoms with Crippen LogP contribution in [0.25, 0.3) is 0 Å². The van der Waals surface area contributed by atoms with Crippen LogP contribution in [0.15, 0.2) is 18.2 Å². The van der Waals surface area contributed by atoms with Crippen molar-refractivity contribution < 1.29 is 0 Å². The third-order valence-electron chi connectivity index (χ3n) is 1.45. The van der Waals surface area contributed by atoms with Crippen molar-refractivity contribution in [2.45, 2.75) is 13.0 Å². The van der Waals surface area contributed by atoms with Gasteiger partial charge in [0.15, 0.2) is 0 Å². The number of hydrogen-bond donors (Lipinski definition) is 1. The third-order valence-corrected chi connectivity index (χ3v) is 2.46. The topological polar surface area (TPSA) is 26.0 Å². The first-order valence-electron chi connectivity index (χ1n) is 3.32. The monoisotopic (exact) mass is 281 g/mol. The maximum absolute atomic E-state index is 5.91. The number of hydrogen-bond acceptors (Lipinski definition) is 1. The molecule has 0 saturated heterocycles. The van der Waals surface area contributed by atoms with Crippen LogP contribution in [0.4, 0.5) is 0 Å². The average Bonchev–Trinajstić information content (AvgIpc) is 1.94. The van der Waals surface area contributed by atoms with Gasteiger partial charge < -0.3 is 5.73 Å². The zero-order valence-corrected chi connectivity index (χ0v) is 9.06. The Morgan fingerprint density at radius 2 is 2.18 bits per heavy atom. The standard InChI is InChI=1S/C8H9ClIN/c1-5(11)7-4-6(10)2-3-8(7)9/h2-5H,11H2,1H3/t5-/m1/s1. The van der Waals surface area contributed by atoms with Crippen LogP contribution >= 0.6 is 34.2 Å². The first-order valence-corrected chi connectivity index (χ1v) is 4.77. The van der Waals surface area contributed by atoms with E-state index < -0.39 is 0 Å². The zero-order valence-electron chi connectivity index (χ0n) is 6.14. The van der Waals surface area contributed by atoms with Gasteiger partial charge in [0.25, 0.3) is 0 Å². The Balaban J connectivity index is 3.13. The highest BCUT2D eigenvalue weighted by atomic mass is 127. The number of halogens is 2. The fourth-order valence-electron chi connectivity index (χ4n) is 0.864. The highest BCUT2D eigenvalue weighted by Gasteiger charge is 2.04. The highest BCUT2D eigenvalue weighted by molar-refractivity contribution is 14.1. The van der Waals surface area contributed by atoms with Gasteiger partial charge in [-0.2, -0.15) is 0 Å². The molecule has 3 heteroatoms. The fourth-order valence-corrected chi connectivity index (χ4v) is 1.67. The molecule has 0 unspecified atom stereocenters. The van der Waals surface area contributed by atoms with E-state index >= 15 is 0 Å². The van der Waals surface area contributed by atoms with E-state index in [1.54, 1.807) is 0 Å². The van der Waals surface area contributed by atoms with Gasteiger partial charge in [0.05, 0.1) is 0 Å². The zero-order chi connectivity index (χ0) is 8.43. The van der Waals surface area contributed by atoms with Crippen LogP contribution in [-0.4, -0.2) is 0 Å². The van der Waals surface area contributed by atoms with Crippen molar-refractivity contribution in [2.24, 2.45) is 5.73 Å². The summed E-state index contributed by atoms with van der Waals surface area (Å²) in [7, 11) is 0. The predicted molar refractivity (Wildman–Crippen MR) is 56.8 cm³/mol. The van der Waals surface area contributed by atoms with Crippen molar-refractivity contribution in [1.82, 2.24) is 0 Å². The lowest BCUT2D eigenvalue weighted by atomic mass is 10.1. The maximum Gasteiger partial charge on any atom is 0.0454 e. The van der Waals surface area contributed by atoms with Gasteiger partial charge in [0, 0.05) is 14.6 Å². The summed E-state index contributed by atoms with van der Waals surface area (Å²) in [4.78, 5) is 0. The number of nitrogens with two attached hydrogens (primary N) is 1. The summed E-state index contributed by atoms with van der Waals surface area (Å²) in [5, 5.41) is 0.750. The van der Waals surface area contributed by atoms with E-state index in [0.29, 0.717) is 0 Å². The van der Waals surface area contributed by atoms with E-state index in [4.69, 9.17) is 17.3 Å². The Labute approximate surface area is 85.1 Å². The molecule has 2 N–H and O–H groups in total. The molecule has 0 aromatic heterocycles. The minimum atomic E-state index is 0.0113. The smallest absolute Gasteiger partial charge is 0.0454 e. The van der Waals surface area contributed by atoms with Crippen LogP contribution in [-0.2, 0) is 0 Å². The molecule has 0 radical (unpaired) electrons. The largest absolute Gasteiger partial charge is 0.324 e. The van der Waals surface area contributed by atoms with Crippen molar-refractivity contribution in [2.75, 3.05) is 0 Å². The first-order chi connectivity index (χ1) is 5.11. The molecular weight excluding hydrogens is 272 g/mol. The molecule has 0 aliphatic carbocycles. The molecule has 1 nitrogen and oxygen atoms in total. The lowest BCUT2D eigenvalue weighted by Gasteiger charge is -2.07. The molecule has 0 aliphatic heterocycles. The normalized spacial score (nSPS) is 13.1. The second-order valence-electron chi connectivity index (χ2n) is 2.45. The Hall–Kier alpha value is 0.200. The molecule has 1 aromatic carbocycles. The molecule has 0 aliphatic rings. The van der Waals surface area contributed by atoms with E-state index in [9.17, 15) is 0 Å². The van der Waals surface area contributed by atoms with Crippen LogP contribution in [0.1, 0.15) is 18.5 Å². The lowest BCUT2D eigenvalue weighted by Crippen LogP contribution is -2.05. The molecule has 0 heterocycles. The van der Waals surface area contributed by atoms with Crippen molar-refractivity contribution >= 4 is 34.2 Å². The first kappa shape index (κ1) is 9.29. The summed E-state index contributed by atoms with van der Waals surface area (Å²) in [6.45, 7) is 1.93.